The second-order valence-electron chi connectivity index (χ2n) is 15.5. The Morgan fingerprint density at radius 3 is 2.64 bits per heavy atom. The smallest absolute Gasteiger partial charge is 0.341 e. The number of anilines is 1. The Bertz CT molecular complexity index is 2220. The Morgan fingerprint density at radius 1 is 1.17 bits per heavy atom. The number of likely N-dealkylation sites (N-methyl/N-ethyl adjacent to an activating group) is 1. The summed E-state index contributed by atoms with van der Waals surface area (Å²) in [4.78, 5) is 42.1. The number of methoxy groups -OCH3 is 1. The van der Waals surface area contributed by atoms with Crippen molar-refractivity contribution in [3.05, 3.63) is 88.2 Å². The van der Waals surface area contributed by atoms with Crippen LogP contribution in [0.2, 0.25) is 5.02 Å². The van der Waals surface area contributed by atoms with Gasteiger partial charge in [0.25, 0.3) is 5.91 Å². The van der Waals surface area contributed by atoms with E-state index in [9.17, 15) is 29.7 Å². The van der Waals surface area contributed by atoms with E-state index in [1.165, 1.54) is 37.5 Å². The number of benzene rings is 2. The van der Waals surface area contributed by atoms with Gasteiger partial charge in [0.1, 0.15) is 24.6 Å². The molecule has 15 nitrogen and oxygen atoms in total. The van der Waals surface area contributed by atoms with E-state index in [2.05, 4.69) is 23.7 Å². The van der Waals surface area contributed by atoms with E-state index in [1.807, 2.05) is 13.8 Å². The van der Waals surface area contributed by atoms with Gasteiger partial charge < -0.3 is 59.7 Å². The summed E-state index contributed by atoms with van der Waals surface area (Å²) >= 11 is 6.72. The third-order valence-electron chi connectivity index (χ3n) is 11.0. The molecule has 3 unspecified atom stereocenters. The van der Waals surface area contributed by atoms with Crippen LogP contribution in [0.4, 0.5) is 5.69 Å². The van der Waals surface area contributed by atoms with Crippen molar-refractivity contribution in [1.82, 2.24) is 4.90 Å². The molecule has 1 saturated heterocycles. The number of fused-ring (bicyclic) bond motifs is 8. The number of aromatic hydroxyl groups is 1. The molecule has 0 aromatic heterocycles. The van der Waals surface area contributed by atoms with Crippen LogP contribution in [0.15, 0.2) is 72.1 Å². The fourth-order valence-electron chi connectivity index (χ4n) is 8.41. The largest absolute Gasteiger partial charge is 0.504 e. The first-order valence-corrected chi connectivity index (χ1v) is 18.8. The molecule has 8 rings (SSSR count). The Balaban J connectivity index is 1.35. The zero-order valence-corrected chi connectivity index (χ0v) is 33.2. The van der Waals surface area contributed by atoms with Crippen LogP contribution >= 0.6 is 11.6 Å². The highest BCUT2D eigenvalue weighted by Crippen LogP contribution is 2.52. The van der Waals surface area contributed by atoms with Crippen molar-refractivity contribution in [1.29, 1.82) is 0 Å². The predicted octanol–water partition coefficient (Wildman–Crippen LogP) is 3.46. The molecular formula is C42H44ClN3O12. The Labute approximate surface area is 339 Å². The molecule has 4 aliphatic heterocycles. The minimum absolute atomic E-state index is 0.00403. The predicted molar refractivity (Wildman–Crippen MR) is 209 cm³/mol. The summed E-state index contributed by atoms with van der Waals surface area (Å²) in [6.45, 7) is 6.72. The number of esters is 2. The van der Waals surface area contributed by atoms with Crippen molar-refractivity contribution in [3.8, 4) is 34.8 Å². The third kappa shape index (κ3) is 7.32. The molecule has 2 aliphatic carbocycles. The molecule has 6 N–H and O–H groups in total. The van der Waals surface area contributed by atoms with Crippen LogP contribution in [0.5, 0.6) is 23.0 Å². The third-order valence-corrected chi connectivity index (χ3v) is 11.3. The number of amides is 1. The molecule has 306 valence electrons. The molecule has 8 atom stereocenters. The number of ether oxygens (including phenoxy) is 6. The average molecular weight is 818 g/mol. The van der Waals surface area contributed by atoms with Crippen LogP contribution in [-0.2, 0) is 23.8 Å². The molecule has 1 amide bonds. The Morgan fingerprint density at radius 2 is 1.93 bits per heavy atom. The number of nitrogens with one attached hydrogen (secondary N) is 1. The number of allylic oxidation sites excluding steroid dienone is 3. The van der Waals surface area contributed by atoms with Crippen molar-refractivity contribution in [2.75, 3.05) is 33.1 Å². The lowest BCUT2D eigenvalue weighted by Crippen LogP contribution is -2.67. The van der Waals surface area contributed by atoms with Crippen molar-refractivity contribution in [2.24, 2.45) is 11.1 Å². The van der Waals surface area contributed by atoms with Gasteiger partial charge in [-0.1, -0.05) is 48.2 Å². The summed E-state index contributed by atoms with van der Waals surface area (Å²) in [6.07, 6.45) is 0.247. The highest BCUT2D eigenvalue weighted by Gasteiger charge is 2.55. The van der Waals surface area contributed by atoms with E-state index in [0.29, 0.717) is 11.1 Å². The maximum absolute atomic E-state index is 14.3. The molecule has 1 fully saturated rings. The summed E-state index contributed by atoms with van der Waals surface area (Å²) < 4.78 is 36.1. The number of nitrogens with zero attached hydrogens (tertiary/aromatic N) is 1. The minimum atomic E-state index is -1.39. The van der Waals surface area contributed by atoms with E-state index >= 15 is 0 Å². The van der Waals surface area contributed by atoms with Crippen molar-refractivity contribution < 1.29 is 58.1 Å². The zero-order chi connectivity index (χ0) is 41.8. The number of nitrogens with two attached hydrogens (primary N) is 1. The van der Waals surface area contributed by atoms with Gasteiger partial charge in [0.2, 0.25) is 0 Å². The highest BCUT2D eigenvalue weighted by atomic mass is 35.5. The van der Waals surface area contributed by atoms with Gasteiger partial charge in [0, 0.05) is 17.7 Å². The SMILES string of the molecule is C=C1Oc2cc(OC)cc(C(=O)OC3COC(=O)C[C@H](N)c4cc(O)c(c(Cl)c4)O[C@@H]4C#CC=C3C3=CC=CC34C[C@@H]3OC(C)(C)C(N(C)C)[C@H](O)[C@H]3O)c2NC1=O. The average Bonchev–Trinajstić information content (AvgIpc) is 3.51. The number of halogens is 1. The number of phenolic OH excluding ortho intramolecular Hbond substituents is 1. The van der Waals surface area contributed by atoms with Gasteiger partial charge in [-0.2, -0.15) is 0 Å². The monoisotopic (exact) mass is 817 g/mol. The van der Waals surface area contributed by atoms with Crippen LogP contribution in [0, 0.1) is 17.3 Å². The summed E-state index contributed by atoms with van der Waals surface area (Å²) in [5.74, 6) is 3.33. The number of aliphatic hydroxyl groups is 2. The molecule has 4 bridgehead atoms. The summed E-state index contributed by atoms with van der Waals surface area (Å²) in [5, 5.41) is 37.0. The number of phenols is 1. The number of hydrogen-bond acceptors (Lipinski definition) is 14. The highest BCUT2D eigenvalue weighted by molar-refractivity contribution is 6.32. The molecule has 6 aliphatic rings. The fourth-order valence-corrected chi connectivity index (χ4v) is 8.67. The van der Waals surface area contributed by atoms with Gasteiger partial charge in [0.05, 0.1) is 53.0 Å². The second-order valence-corrected chi connectivity index (χ2v) is 15.9. The van der Waals surface area contributed by atoms with Gasteiger partial charge >= 0.3 is 11.9 Å². The number of rotatable bonds is 6. The lowest BCUT2D eigenvalue weighted by Gasteiger charge is -2.52. The molecule has 0 spiro atoms. The first-order valence-electron chi connectivity index (χ1n) is 18.5. The van der Waals surface area contributed by atoms with Crippen molar-refractivity contribution in [3.63, 3.8) is 0 Å². The Kier molecular flexibility index (Phi) is 10.9. The van der Waals surface area contributed by atoms with Crippen LogP contribution in [-0.4, -0.2) is 108 Å². The maximum atomic E-state index is 14.3. The quantitative estimate of drug-likeness (QED) is 0.161. The number of hydrogen-bond donors (Lipinski definition) is 5. The fraction of sp³-hybridized carbons (Fsp3) is 0.405. The topological polar surface area (TPSA) is 209 Å². The lowest BCUT2D eigenvalue weighted by atomic mass is 9.68. The van der Waals surface area contributed by atoms with Crippen molar-refractivity contribution >= 4 is 35.1 Å². The first kappa shape index (κ1) is 40.8. The normalized spacial score (nSPS) is 29.8. The van der Waals surface area contributed by atoms with Crippen LogP contribution in [0.25, 0.3) is 0 Å². The summed E-state index contributed by atoms with van der Waals surface area (Å²) in [7, 11) is 4.95. The summed E-state index contributed by atoms with van der Waals surface area (Å²) in [5.41, 5.74) is 4.99. The van der Waals surface area contributed by atoms with Crippen LogP contribution in [0.1, 0.15) is 48.7 Å². The molecule has 2 aromatic rings. The number of carbonyl (C=O) groups is 3. The summed E-state index contributed by atoms with van der Waals surface area (Å²) in [6, 6.07) is 4.10. The number of aliphatic hydroxyl groups excluding tert-OH is 2. The zero-order valence-electron chi connectivity index (χ0n) is 32.4. The molecule has 2 aromatic carbocycles. The van der Waals surface area contributed by atoms with E-state index < -0.39 is 78.1 Å². The van der Waals surface area contributed by atoms with Gasteiger partial charge in [-0.15, -0.1) is 0 Å². The minimum Gasteiger partial charge on any atom is -0.504 e. The van der Waals surface area contributed by atoms with E-state index in [0.717, 1.165) is 0 Å². The van der Waals surface area contributed by atoms with E-state index in [-0.39, 0.29) is 63.4 Å². The standard InChI is InChI=1S/C42H44ClN3O12/c1-20-39(51)45-34-24(15-22(53-6)16-29(34)55-20)40(52)56-31-19-54-33(48)17-27(44)21-13-26(43)37(28(47)14-21)57-32-11-7-9-23(31)25-10-8-12-42(25,32)18-30-35(49)36(50)38(46(4)5)41(2,3)58-30/h8-10,12-16,27,30-32,35-36,38,47,49-50H,1,17-19,44H2,2-6H3,(H,45,51)/t27-,30-,31?,32+,35-,36+,38?,42?/m0/s1. The molecule has 0 saturated carbocycles. The number of carbonyl (C=O) groups excluding carboxylic acids is 3. The molecule has 4 heterocycles. The van der Waals surface area contributed by atoms with Gasteiger partial charge in [-0.25, -0.2) is 4.79 Å². The Hall–Kier alpha value is -5.34. The molecule has 58 heavy (non-hydrogen) atoms. The maximum Gasteiger partial charge on any atom is 0.341 e. The second kappa shape index (κ2) is 15.4. The van der Waals surface area contributed by atoms with Gasteiger partial charge in [0.15, 0.2) is 35.2 Å². The van der Waals surface area contributed by atoms with E-state index in [4.69, 9.17) is 45.8 Å². The van der Waals surface area contributed by atoms with Gasteiger partial charge in [-0.3, -0.25) is 9.59 Å². The van der Waals surface area contributed by atoms with E-state index in [1.54, 1.807) is 37.2 Å². The van der Waals surface area contributed by atoms with Crippen LogP contribution < -0.4 is 25.3 Å². The first-order chi connectivity index (χ1) is 27.4. The van der Waals surface area contributed by atoms with Crippen LogP contribution in [0.3, 0.4) is 0 Å². The molecular weight excluding hydrogens is 774 g/mol. The molecule has 16 heteroatoms. The van der Waals surface area contributed by atoms with Crippen molar-refractivity contribution in [2.45, 2.75) is 74.9 Å². The lowest BCUT2D eigenvalue weighted by molar-refractivity contribution is -0.241. The van der Waals surface area contributed by atoms with Gasteiger partial charge in [-0.05, 0) is 69.8 Å². The molecule has 0 radical (unpaired) electrons.